The predicted octanol–water partition coefficient (Wildman–Crippen LogP) is 4.95. The molecular weight excluding hydrogens is 406 g/mol. The van der Waals surface area contributed by atoms with Crippen LogP contribution in [0.2, 0.25) is 0 Å². The number of carbonyl (C=O) groups is 1. The number of hydrogen-bond acceptors (Lipinski definition) is 3. The van der Waals surface area contributed by atoms with E-state index in [4.69, 9.17) is 0 Å². The molecular formula is C26H29NO3S. The van der Waals surface area contributed by atoms with Crippen LogP contribution in [-0.4, -0.2) is 31.6 Å². The minimum absolute atomic E-state index is 0.0981. The van der Waals surface area contributed by atoms with Crippen LogP contribution < -0.4 is 0 Å². The molecule has 1 aliphatic carbocycles. The zero-order valence-electron chi connectivity index (χ0n) is 18.6. The summed E-state index contributed by atoms with van der Waals surface area (Å²) in [4.78, 5) is 13.5. The molecule has 4 rings (SSSR count). The summed E-state index contributed by atoms with van der Waals surface area (Å²) in [6.07, 6.45) is 1.15. The van der Waals surface area contributed by atoms with Crippen LogP contribution >= 0.6 is 0 Å². The third-order valence-electron chi connectivity index (χ3n) is 6.75. The second-order valence-electron chi connectivity index (χ2n) is 9.15. The van der Waals surface area contributed by atoms with Crippen LogP contribution in [0.5, 0.6) is 0 Å². The highest BCUT2D eigenvalue weighted by Crippen LogP contribution is 2.42. The Morgan fingerprint density at radius 2 is 1.45 bits per heavy atom. The largest absolute Gasteiger partial charge is 0.295 e. The zero-order chi connectivity index (χ0) is 22.4. The highest BCUT2D eigenvalue weighted by Gasteiger charge is 2.39. The Morgan fingerprint density at radius 3 is 2.10 bits per heavy atom. The van der Waals surface area contributed by atoms with Gasteiger partial charge in [-0.2, -0.15) is 4.31 Å². The summed E-state index contributed by atoms with van der Waals surface area (Å²) in [5, 5.41) is 0. The molecule has 0 spiro atoms. The van der Waals surface area contributed by atoms with Crippen LogP contribution in [0.25, 0.3) is 0 Å². The second-order valence-corrected chi connectivity index (χ2v) is 11.1. The van der Waals surface area contributed by atoms with Crippen molar-refractivity contribution in [2.24, 2.45) is 0 Å². The van der Waals surface area contributed by atoms with Crippen molar-refractivity contribution in [3.05, 3.63) is 88.0 Å². The van der Waals surface area contributed by atoms with E-state index < -0.39 is 10.0 Å². The van der Waals surface area contributed by atoms with Crippen LogP contribution in [0.1, 0.15) is 44.7 Å². The van der Waals surface area contributed by atoms with Gasteiger partial charge in [0.25, 0.3) is 0 Å². The summed E-state index contributed by atoms with van der Waals surface area (Å²) in [5.74, 6) is 0.0981. The molecule has 0 radical (unpaired) electrons. The number of fused-ring (bicyclic) bond motifs is 1. The molecule has 0 aromatic heterocycles. The molecule has 1 saturated heterocycles. The smallest absolute Gasteiger partial charge is 0.243 e. The van der Waals surface area contributed by atoms with Crippen molar-refractivity contribution in [2.75, 3.05) is 13.1 Å². The predicted molar refractivity (Wildman–Crippen MR) is 123 cm³/mol. The van der Waals surface area contributed by atoms with E-state index in [1.807, 2.05) is 44.2 Å². The Balaban J connectivity index is 1.75. The quantitative estimate of drug-likeness (QED) is 0.685. The summed E-state index contributed by atoms with van der Waals surface area (Å²) in [6, 6.07) is 17.1. The molecule has 4 nitrogen and oxygen atoms in total. The number of benzene rings is 2. The van der Waals surface area contributed by atoms with Gasteiger partial charge in [-0.15, -0.1) is 0 Å². The number of nitrogens with zero attached hydrogens (tertiary/aromatic N) is 1. The SMILES string of the molecule is C/C1=C2\CN(S(=O)(=O)c3ccc(C)cc3)C\C2=C(/C)C(=O)CC(C)(c2ccccc2)C1. The number of rotatable bonds is 3. The lowest BCUT2D eigenvalue weighted by Crippen LogP contribution is -2.29. The first-order valence-corrected chi connectivity index (χ1v) is 12.1. The van der Waals surface area contributed by atoms with Gasteiger partial charge < -0.3 is 0 Å². The van der Waals surface area contributed by atoms with Gasteiger partial charge in [-0.1, -0.05) is 60.5 Å². The molecule has 2 aromatic rings. The van der Waals surface area contributed by atoms with Gasteiger partial charge >= 0.3 is 0 Å². The fourth-order valence-corrected chi connectivity index (χ4v) is 6.20. The van der Waals surface area contributed by atoms with Gasteiger partial charge in [-0.3, -0.25) is 4.79 Å². The number of allylic oxidation sites excluding steroid dienone is 2. The molecule has 0 N–H and O–H groups in total. The maximum atomic E-state index is 13.3. The fourth-order valence-electron chi connectivity index (χ4n) is 4.82. The fraction of sp³-hybridized carbons (Fsp3) is 0.346. The van der Waals surface area contributed by atoms with Crippen LogP contribution in [0.3, 0.4) is 0 Å². The number of carbonyl (C=O) groups excluding carboxylic acids is 1. The summed E-state index contributed by atoms with van der Waals surface area (Å²) in [5.41, 5.74) is 5.58. The van der Waals surface area contributed by atoms with Gasteiger partial charge in [-0.05, 0) is 61.6 Å². The van der Waals surface area contributed by atoms with E-state index in [1.165, 1.54) is 4.31 Å². The minimum atomic E-state index is -3.63. The third kappa shape index (κ3) is 3.92. The van der Waals surface area contributed by atoms with Crippen molar-refractivity contribution >= 4 is 15.8 Å². The highest BCUT2D eigenvalue weighted by molar-refractivity contribution is 7.89. The summed E-state index contributed by atoms with van der Waals surface area (Å²) in [7, 11) is -3.63. The molecule has 1 atom stereocenters. The lowest BCUT2D eigenvalue weighted by Gasteiger charge is -2.33. The van der Waals surface area contributed by atoms with Crippen LogP contribution in [0.4, 0.5) is 0 Å². The van der Waals surface area contributed by atoms with E-state index in [0.29, 0.717) is 23.4 Å². The normalized spacial score (nSPS) is 27.7. The standard InChI is InChI=1S/C26H29NO3S/c1-18-10-12-22(13-11-18)31(29,30)27-16-23-19(2)14-26(4,21-8-6-5-7-9-21)15-25(28)20(3)24(23)17-27/h5-13H,14-17H2,1-4H3/b23-19-,24-20-. The highest BCUT2D eigenvalue weighted by atomic mass is 32.2. The maximum Gasteiger partial charge on any atom is 0.243 e. The van der Waals surface area contributed by atoms with Gasteiger partial charge in [0.15, 0.2) is 5.78 Å². The van der Waals surface area contributed by atoms with Crippen molar-refractivity contribution in [1.82, 2.24) is 4.31 Å². The average Bonchev–Trinajstić information content (AvgIpc) is 3.20. The van der Waals surface area contributed by atoms with Gasteiger partial charge in [0.1, 0.15) is 0 Å². The Bertz CT molecular complexity index is 1190. The number of hydrogen-bond donors (Lipinski definition) is 0. The molecule has 1 heterocycles. The number of aryl methyl sites for hydroxylation is 1. The minimum Gasteiger partial charge on any atom is -0.295 e. The Labute approximate surface area is 185 Å². The summed E-state index contributed by atoms with van der Waals surface area (Å²) < 4.78 is 28.1. The summed E-state index contributed by atoms with van der Waals surface area (Å²) in [6.45, 7) is 8.57. The Morgan fingerprint density at radius 1 is 0.839 bits per heavy atom. The van der Waals surface area contributed by atoms with Crippen LogP contribution in [0, 0.1) is 6.92 Å². The molecule has 2 aromatic carbocycles. The Hall–Kier alpha value is -2.50. The van der Waals surface area contributed by atoms with E-state index in [9.17, 15) is 13.2 Å². The van der Waals surface area contributed by atoms with Gasteiger partial charge in [0.2, 0.25) is 10.0 Å². The molecule has 0 bridgehead atoms. The molecule has 0 amide bonds. The maximum absolute atomic E-state index is 13.3. The van der Waals surface area contributed by atoms with E-state index >= 15 is 0 Å². The molecule has 162 valence electrons. The lowest BCUT2D eigenvalue weighted by molar-refractivity contribution is -0.116. The van der Waals surface area contributed by atoms with Crippen molar-refractivity contribution in [2.45, 2.75) is 50.8 Å². The van der Waals surface area contributed by atoms with Crippen molar-refractivity contribution < 1.29 is 13.2 Å². The number of ketones is 1. The van der Waals surface area contributed by atoms with E-state index in [0.717, 1.165) is 34.3 Å². The monoisotopic (exact) mass is 435 g/mol. The van der Waals surface area contributed by atoms with Crippen LogP contribution in [-0.2, 0) is 20.2 Å². The molecule has 1 unspecified atom stereocenters. The molecule has 0 saturated carbocycles. The lowest BCUT2D eigenvalue weighted by atomic mass is 9.70. The first-order chi connectivity index (χ1) is 14.6. The third-order valence-corrected chi connectivity index (χ3v) is 8.56. The van der Waals surface area contributed by atoms with Gasteiger partial charge in [-0.25, -0.2) is 8.42 Å². The van der Waals surface area contributed by atoms with E-state index in [-0.39, 0.29) is 17.7 Å². The zero-order valence-corrected chi connectivity index (χ0v) is 19.4. The van der Waals surface area contributed by atoms with Crippen LogP contribution in [0.15, 0.2) is 81.8 Å². The molecule has 5 heteroatoms. The second kappa shape index (κ2) is 7.88. The first kappa shape index (κ1) is 21.7. The van der Waals surface area contributed by atoms with Crippen molar-refractivity contribution in [1.29, 1.82) is 0 Å². The number of Topliss-reactive ketones (excluding diaryl/α,β-unsaturated/α-hetero) is 1. The molecule has 2 aliphatic rings. The van der Waals surface area contributed by atoms with Crippen molar-refractivity contribution in [3.8, 4) is 0 Å². The molecule has 1 fully saturated rings. The topological polar surface area (TPSA) is 54.5 Å². The van der Waals surface area contributed by atoms with E-state index in [2.05, 4.69) is 26.0 Å². The Kier molecular flexibility index (Phi) is 5.52. The average molecular weight is 436 g/mol. The van der Waals surface area contributed by atoms with Gasteiger partial charge in [0.05, 0.1) is 4.90 Å². The van der Waals surface area contributed by atoms with Gasteiger partial charge in [0, 0.05) is 24.9 Å². The van der Waals surface area contributed by atoms with E-state index in [1.54, 1.807) is 12.1 Å². The first-order valence-electron chi connectivity index (χ1n) is 10.7. The summed E-state index contributed by atoms with van der Waals surface area (Å²) >= 11 is 0. The molecule has 31 heavy (non-hydrogen) atoms. The number of sulfonamides is 1. The van der Waals surface area contributed by atoms with Crippen molar-refractivity contribution in [3.63, 3.8) is 0 Å². The molecule has 1 aliphatic heterocycles.